The maximum absolute atomic E-state index is 11.8. The van der Waals surface area contributed by atoms with Gasteiger partial charge in [-0.05, 0) is 31.6 Å². The predicted octanol–water partition coefficient (Wildman–Crippen LogP) is 0.730. The van der Waals surface area contributed by atoms with Gasteiger partial charge in [0.2, 0.25) is 0 Å². The van der Waals surface area contributed by atoms with E-state index in [2.05, 4.69) is 9.55 Å². The van der Waals surface area contributed by atoms with Crippen molar-refractivity contribution in [1.29, 1.82) is 0 Å². The smallest absolute Gasteiger partial charge is 0.151 e. The van der Waals surface area contributed by atoms with Crippen molar-refractivity contribution in [3.63, 3.8) is 0 Å². The molecule has 1 saturated heterocycles. The van der Waals surface area contributed by atoms with Gasteiger partial charge in [0.1, 0.15) is 5.82 Å². The molecule has 3 rings (SSSR count). The Hall–Kier alpha value is -0.880. The van der Waals surface area contributed by atoms with Crippen molar-refractivity contribution >= 4 is 9.84 Å². The number of fused-ring (bicyclic) bond motifs is 1. The lowest BCUT2D eigenvalue weighted by atomic mass is 9.96. The number of aliphatic hydroxyl groups excluding tert-OH is 1. The van der Waals surface area contributed by atoms with Crippen LogP contribution in [0.1, 0.15) is 36.7 Å². The zero-order chi connectivity index (χ0) is 13.5. The molecule has 0 bridgehead atoms. The first-order valence-corrected chi connectivity index (χ1v) is 8.77. The molecule has 2 aliphatic rings. The predicted molar refractivity (Wildman–Crippen MR) is 71.8 cm³/mol. The van der Waals surface area contributed by atoms with Crippen LogP contribution in [0.3, 0.4) is 0 Å². The van der Waals surface area contributed by atoms with E-state index in [4.69, 9.17) is 0 Å². The van der Waals surface area contributed by atoms with E-state index >= 15 is 0 Å². The summed E-state index contributed by atoms with van der Waals surface area (Å²) in [5.41, 5.74) is 1.14. The van der Waals surface area contributed by atoms with E-state index < -0.39 is 9.84 Å². The number of rotatable bonds is 2. The summed E-state index contributed by atoms with van der Waals surface area (Å²) >= 11 is 0. The van der Waals surface area contributed by atoms with Gasteiger partial charge in [0.05, 0.1) is 11.5 Å². The van der Waals surface area contributed by atoms with Gasteiger partial charge in [-0.25, -0.2) is 13.4 Å². The van der Waals surface area contributed by atoms with Gasteiger partial charge in [-0.2, -0.15) is 0 Å². The summed E-state index contributed by atoms with van der Waals surface area (Å²) in [5, 5.41) is 9.23. The van der Waals surface area contributed by atoms with Crippen molar-refractivity contribution < 1.29 is 13.5 Å². The molecule has 19 heavy (non-hydrogen) atoms. The van der Waals surface area contributed by atoms with Crippen molar-refractivity contribution in [3.05, 3.63) is 17.7 Å². The largest absolute Gasteiger partial charge is 0.396 e. The fourth-order valence-corrected chi connectivity index (χ4v) is 4.97. The number of sulfone groups is 1. The highest BCUT2D eigenvalue weighted by atomic mass is 32.2. The van der Waals surface area contributed by atoms with Gasteiger partial charge in [-0.1, -0.05) is 0 Å². The summed E-state index contributed by atoms with van der Waals surface area (Å²) in [6.45, 7) is 1.07. The molecule has 2 unspecified atom stereocenters. The van der Waals surface area contributed by atoms with Gasteiger partial charge < -0.3 is 9.67 Å². The number of hydrogen-bond acceptors (Lipinski definition) is 4. The molecule has 0 aliphatic carbocycles. The Morgan fingerprint density at radius 1 is 1.42 bits per heavy atom. The molecule has 0 aromatic carbocycles. The van der Waals surface area contributed by atoms with E-state index in [1.54, 1.807) is 0 Å². The Morgan fingerprint density at radius 3 is 3.00 bits per heavy atom. The molecule has 1 aromatic heterocycles. The average Bonchev–Trinajstić information content (AvgIpc) is 2.80. The summed E-state index contributed by atoms with van der Waals surface area (Å²) in [7, 11) is -2.89. The van der Waals surface area contributed by atoms with Crippen molar-refractivity contribution in [2.75, 3.05) is 18.1 Å². The van der Waals surface area contributed by atoms with Gasteiger partial charge >= 0.3 is 0 Å². The van der Waals surface area contributed by atoms with Crippen LogP contribution in [0.2, 0.25) is 0 Å². The van der Waals surface area contributed by atoms with E-state index in [1.807, 2.05) is 6.20 Å². The molecule has 5 nitrogen and oxygen atoms in total. The molecule has 1 aromatic rings. The molecule has 1 fully saturated rings. The first kappa shape index (κ1) is 13.1. The number of imidazole rings is 1. The van der Waals surface area contributed by atoms with Gasteiger partial charge in [-0.3, -0.25) is 0 Å². The topological polar surface area (TPSA) is 72.2 Å². The number of hydrogen-bond donors (Lipinski definition) is 1. The number of nitrogens with zero attached hydrogens (tertiary/aromatic N) is 2. The summed E-state index contributed by atoms with van der Waals surface area (Å²) in [6.07, 6.45) is 5.32. The fourth-order valence-electron chi connectivity index (χ4n) is 3.27. The van der Waals surface area contributed by atoms with Crippen molar-refractivity contribution in [3.8, 4) is 0 Å². The normalized spacial score (nSPS) is 29.9. The van der Waals surface area contributed by atoms with Crippen LogP contribution in [0.4, 0.5) is 0 Å². The molecule has 2 aliphatic heterocycles. The maximum Gasteiger partial charge on any atom is 0.151 e. The lowest BCUT2D eigenvalue weighted by Gasteiger charge is -2.27. The molecule has 106 valence electrons. The second-order valence-corrected chi connectivity index (χ2v) is 7.98. The quantitative estimate of drug-likeness (QED) is 0.869. The van der Waals surface area contributed by atoms with Crippen LogP contribution < -0.4 is 0 Å². The summed E-state index contributed by atoms with van der Waals surface area (Å²) < 4.78 is 25.7. The highest BCUT2D eigenvalue weighted by molar-refractivity contribution is 7.91. The minimum absolute atomic E-state index is 0.0539. The molecule has 3 heterocycles. The van der Waals surface area contributed by atoms with Crippen LogP contribution in [0, 0.1) is 5.92 Å². The third-order valence-electron chi connectivity index (χ3n) is 4.31. The maximum atomic E-state index is 11.8. The van der Waals surface area contributed by atoms with Crippen LogP contribution in [0.25, 0.3) is 0 Å². The van der Waals surface area contributed by atoms with Crippen LogP contribution in [0.5, 0.6) is 0 Å². The number of aliphatic hydroxyl groups is 1. The second kappa shape index (κ2) is 4.90. The zero-order valence-electron chi connectivity index (χ0n) is 11.0. The molecule has 6 heteroatoms. The molecule has 0 saturated carbocycles. The highest BCUT2D eigenvalue weighted by Gasteiger charge is 2.31. The fraction of sp³-hybridized carbons (Fsp3) is 0.769. The Kier molecular flexibility index (Phi) is 3.39. The third-order valence-corrected chi connectivity index (χ3v) is 6.14. The molecule has 0 amide bonds. The summed E-state index contributed by atoms with van der Waals surface area (Å²) in [6, 6.07) is 0. The Balaban J connectivity index is 1.85. The Bertz CT molecular complexity index is 564. The van der Waals surface area contributed by atoms with Gasteiger partial charge in [0.25, 0.3) is 0 Å². The van der Waals surface area contributed by atoms with Gasteiger partial charge in [0.15, 0.2) is 9.84 Å². The van der Waals surface area contributed by atoms with Crippen LogP contribution in [-0.2, 0) is 22.8 Å². The van der Waals surface area contributed by atoms with Crippen molar-refractivity contribution in [2.24, 2.45) is 5.92 Å². The van der Waals surface area contributed by atoms with Crippen LogP contribution >= 0.6 is 0 Å². The number of aromatic nitrogens is 2. The molecular weight excluding hydrogens is 264 g/mol. The lowest BCUT2D eigenvalue weighted by molar-refractivity contribution is 0.199. The van der Waals surface area contributed by atoms with Crippen molar-refractivity contribution in [1.82, 2.24) is 9.55 Å². The molecule has 1 N–H and O–H groups in total. The minimum Gasteiger partial charge on any atom is -0.396 e. The Morgan fingerprint density at radius 2 is 2.26 bits per heavy atom. The molecule has 0 radical (unpaired) electrons. The summed E-state index contributed by atoms with van der Waals surface area (Å²) in [5.74, 6) is 1.89. The molecule has 0 spiro atoms. The standard InChI is InChI=1S/C13H20N2O3S/c16-8-10-3-4-15-12(6-10)7-14-13(15)11-2-1-5-19(17,18)9-11/h7,10-11,16H,1-6,8-9H2. The van der Waals surface area contributed by atoms with Crippen molar-refractivity contribution in [2.45, 2.75) is 38.1 Å². The summed E-state index contributed by atoms with van der Waals surface area (Å²) in [4.78, 5) is 4.47. The van der Waals surface area contributed by atoms with E-state index in [1.165, 1.54) is 0 Å². The van der Waals surface area contributed by atoms with Crippen LogP contribution in [-0.4, -0.2) is 41.2 Å². The lowest BCUT2D eigenvalue weighted by Crippen LogP contribution is -2.28. The zero-order valence-corrected chi connectivity index (χ0v) is 11.8. The van der Waals surface area contributed by atoms with Crippen LogP contribution in [0.15, 0.2) is 6.20 Å². The van der Waals surface area contributed by atoms with E-state index in [0.717, 1.165) is 43.7 Å². The van der Waals surface area contributed by atoms with E-state index in [0.29, 0.717) is 11.7 Å². The monoisotopic (exact) mass is 284 g/mol. The highest BCUT2D eigenvalue weighted by Crippen LogP contribution is 2.31. The minimum atomic E-state index is -2.89. The average molecular weight is 284 g/mol. The van der Waals surface area contributed by atoms with Gasteiger partial charge in [-0.15, -0.1) is 0 Å². The second-order valence-electron chi connectivity index (χ2n) is 5.75. The third kappa shape index (κ3) is 2.56. The molecule has 2 atom stereocenters. The molecular formula is C13H20N2O3S. The van der Waals surface area contributed by atoms with Gasteiger partial charge in [0, 0.05) is 31.0 Å². The first-order chi connectivity index (χ1) is 9.09. The Labute approximate surface area is 113 Å². The SMILES string of the molecule is O=S1(=O)CCCC(c2ncc3n2CCC(CO)C3)C1. The first-order valence-electron chi connectivity index (χ1n) is 6.94. The van der Waals surface area contributed by atoms with E-state index in [9.17, 15) is 13.5 Å². The van der Waals surface area contributed by atoms with E-state index in [-0.39, 0.29) is 18.3 Å².